The van der Waals surface area contributed by atoms with Crippen molar-refractivity contribution in [2.75, 3.05) is 0 Å². The Kier molecular flexibility index (Phi) is 2.76. The SMILES string of the molecule is O=C1C=CC(=CC=S(=O)=O)C=C1. The fourth-order valence-corrected chi connectivity index (χ4v) is 0.981. The quantitative estimate of drug-likeness (QED) is 0.432. The number of hydrogen-bond acceptors (Lipinski definition) is 3. The van der Waals surface area contributed by atoms with Gasteiger partial charge in [-0.2, -0.15) is 8.42 Å². The van der Waals surface area contributed by atoms with Gasteiger partial charge in [0.2, 0.25) is 10.3 Å². The Hall–Kier alpha value is -1.42. The van der Waals surface area contributed by atoms with Crippen LogP contribution in [0.15, 0.2) is 36.0 Å². The lowest BCUT2D eigenvalue weighted by Crippen LogP contribution is -1.91. The molecule has 1 aliphatic rings. The summed E-state index contributed by atoms with van der Waals surface area (Å²) in [6.45, 7) is 0. The van der Waals surface area contributed by atoms with Gasteiger partial charge in [-0.25, -0.2) is 0 Å². The molecule has 0 N–H and O–H groups in total. The van der Waals surface area contributed by atoms with Crippen LogP contribution in [0.25, 0.3) is 0 Å². The molecule has 1 aliphatic carbocycles. The molecule has 1 rings (SSSR count). The molecule has 0 atom stereocenters. The van der Waals surface area contributed by atoms with E-state index < -0.39 is 10.3 Å². The fraction of sp³-hybridized carbons (Fsp3) is 0. The van der Waals surface area contributed by atoms with Crippen LogP contribution in [0, 0.1) is 0 Å². The first-order valence-corrected chi connectivity index (χ1v) is 4.35. The molecule has 4 heteroatoms. The van der Waals surface area contributed by atoms with Gasteiger partial charge in [-0.3, -0.25) is 4.79 Å². The summed E-state index contributed by atoms with van der Waals surface area (Å²) in [5.74, 6) is -0.0876. The van der Waals surface area contributed by atoms with Crippen LogP contribution in [-0.4, -0.2) is 19.6 Å². The minimum Gasteiger partial charge on any atom is -0.290 e. The molecular weight excluding hydrogens is 176 g/mol. The normalized spacial score (nSPS) is 14.7. The second-order valence-electron chi connectivity index (χ2n) is 2.13. The molecule has 0 amide bonds. The Labute approximate surface area is 71.2 Å². The van der Waals surface area contributed by atoms with E-state index in [4.69, 9.17) is 0 Å². The molecule has 0 radical (unpaired) electrons. The third-order valence-electron chi connectivity index (χ3n) is 1.25. The summed E-state index contributed by atoms with van der Waals surface area (Å²) < 4.78 is 20.2. The van der Waals surface area contributed by atoms with E-state index in [1.807, 2.05) is 0 Å². The first kappa shape index (κ1) is 8.67. The van der Waals surface area contributed by atoms with Gasteiger partial charge in [0.25, 0.3) is 0 Å². The van der Waals surface area contributed by atoms with Gasteiger partial charge in [0.1, 0.15) is 0 Å². The van der Waals surface area contributed by atoms with Crippen LogP contribution in [0.5, 0.6) is 0 Å². The molecule has 0 saturated heterocycles. The Balaban J connectivity index is 2.88. The standard InChI is InChI=1S/C8H6O3S/c9-8-3-1-7(2-4-8)5-6-12(10)11/h1-6H. The molecule has 3 nitrogen and oxygen atoms in total. The molecule has 0 aliphatic heterocycles. The summed E-state index contributed by atoms with van der Waals surface area (Å²) in [5, 5.41) is 1.03. The fourth-order valence-electron chi connectivity index (χ4n) is 0.713. The second kappa shape index (κ2) is 3.82. The zero-order valence-electron chi connectivity index (χ0n) is 6.10. The van der Waals surface area contributed by atoms with Crippen molar-refractivity contribution >= 4 is 21.4 Å². The molecule has 0 aromatic heterocycles. The van der Waals surface area contributed by atoms with Gasteiger partial charge in [-0.15, -0.1) is 0 Å². The molecule has 0 unspecified atom stereocenters. The number of carbonyl (C=O) groups is 1. The topological polar surface area (TPSA) is 51.2 Å². The van der Waals surface area contributed by atoms with E-state index in [2.05, 4.69) is 0 Å². The first-order valence-electron chi connectivity index (χ1n) is 3.22. The van der Waals surface area contributed by atoms with Gasteiger partial charge in [0.05, 0.1) is 5.37 Å². The predicted molar refractivity (Wildman–Crippen MR) is 46.4 cm³/mol. The van der Waals surface area contributed by atoms with Crippen molar-refractivity contribution in [3.8, 4) is 0 Å². The zero-order valence-corrected chi connectivity index (χ0v) is 6.91. The highest BCUT2D eigenvalue weighted by atomic mass is 32.2. The second-order valence-corrected chi connectivity index (χ2v) is 2.93. The molecule has 12 heavy (non-hydrogen) atoms. The summed E-state index contributed by atoms with van der Waals surface area (Å²) in [5.41, 5.74) is 0.693. The molecule has 62 valence electrons. The van der Waals surface area contributed by atoms with E-state index in [-0.39, 0.29) is 5.78 Å². The van der Waals surface area contributed by atoms with Crippen molar-refractivity contribution in [1.29, 1.82) is 0 Å². The molecule has 0 bridgehead atoms. The van der Waals surface area contributed by atoms with Crippen LogP contribution in [0.4, 0.5) is 0 Å². The van der Waals surface area contributed by atoms with Gasteiger partial charge < -0.3 is 0 Å². The van der Waals surface area contributed by atoms with Gasteiger partial charge in [0, 0.05) is 0 Å². The van der Waals surface area contributed by atoms with E-state index >= 15 is 0 Å². The van der Waals surface area contributed by atoms with Crippen LogP contribution in [0.3, 0.4) is 0 Å². The number of ketones is 1. The predicted octanol–water partition coefficient (Wildman–Crippen LogP) is 0.289. The van der Waals surface area contributed by atoms with E-state index in [9.17, 15) is 13.2 Å². The van der Waals surface area contributed by atoms with E-state index in [1.165, 1.54) is 18.2 Å². The summed E-state index contributed by atoms with van der Waals surface area (Å²) in [7, 11) is -2.18. The Morgan fingerprint density at radius 3 is 2.17 bits per heavy atom. The van der Waals surface area contributed by atoms with Gasteiger partial charge in [0.15, 0.2) is 5.78 Å². The first-order chi connectivity index (χ1) is 5.68. The molecule has 0 aromatic carbocycles. The maximum Gasteiger partial charge on any atom is 0.214 e. The van der Waals surface area contributed by atoms with E-state index in [1.54, 1.807) is 12.2 Å². The van der Waals surface area contributed by atoms with Crippen molar-refractivity contribution in [2.45, 2.75) is 0 Å². The van der Waals surface area contributed by atoms with Crippen LogP contribution in [0.2, 0.25) is 0 Å². The van der Waals surface area contributed by atoms with Gasteiger partial charge >= 0.3 is 0 Å². The van der Waals surface area contributed by atoms with Crippen LogP contribution < -0.4 is 0 Å². The summed E-state index contributed by atoms with van der Waals surface area (Å²) >= 11 is 0. The van der Waals surface area contributed by atoms with Crippen molar-refractivity contribution in [2.24, 2.45) is 0 Å². The average molecular weight is 182 g/mol. The lowest BCUT2D eigenvalue weighted by atomic mass is 10.1. The average Bonchev–Trinajstić information content (AvgIpc) is 2.03. The van der Waals surface area contributed by atoms with Gasteiger partial charge in [-0.05, 0) is 23.8 Å². The molecule has 0 heterocycles. The minimum absolute atomic E-state index is 0.0876. The number of hydrogen-bond donors (Lipinski definition) is 0. The van der Waals surface area contributed by atoms with Crippen LogP contribution in [-0.2, 0) is 15.1 Å². The lowest BCUT2D eigenvalue weighted by Gasteiger charge is -1.95. The third-order valence-corrected chi connectivity index (χ3v) is 1.61. The Bertz CT molecular complexity index is 382. The summed E-state index contributed by atoms with van der Waals surface area (Å²) in [6, 6.07) is 0. The van der Waals surface area contributed by atoms with Crippen LogP contribution in [0.1, 0.15) is 0 Å². The highest BCUT2D eigenvalue weighted by Gasteiger charge is 1.95. The van der Waals surface area contributed by atoms with Crippen LogP contribution >= 0.6 is 0 Å². The summed E-state index contributed by atoms with van der Waals surface area (Å²) in [4.78, 5) is 10.6. The van der Waals surface area contributed by atoms with Crippen molar-refractivity contribution in [3.05, 3.63) is 36.0 Å². The molecule has 0 saturated carbocycles. The van der Waals surface area contributed by atoms with E-state index in [0.29, 0.717) is 5.57 Å². The minimum atomic E-state index is -2.18. The Morgan fingerprint density at radius 1 is 1.08 bits per heavy atom. The largest absolute Gasteiger partial charge is 0.290 e. The highest BCUT2D eigenvalue weighted by molar-refractivity contribution is 7.71. The molecular formula is C8H6O3S. The number of carbonyl (C=O) groups excluding carboxylic acids is 1. The van der Waals surface area contributed by atoms with Gasteiger partial charge in [-0.1, -0.05) is 12.2 Å². The molecule has 0 fully saturated rings. The zero-order chi connectivity index (χ0) is 8.97. The molecule has 0 spiro atoms. The monoisotopic (exact) mass is 182 g/mol. The van der Waals surface area contributed by atoms with Crippen molar-refractivity contribution < 1.29 is 13.2 Å². The third kappa shape index (κ3) is 2.67. The maximum absolute atomic E-state index is 10.6. The van der Waals surface area contributed by atoms with Crippen molar-refractivity contribution in [3.63, 3.8) is 0 Å². The van der Waals surface area contributed by atoms with Crippen molar-refractivity contribution in [1.82, 2.24) is 0 Å². The molecule has 0 aromatic rings. The number of allylic oxidation sites excluding steroid dienone is 6. The summed E-state index contributed by atoms with van der Waals surface area (Å²) in [6.07, 6.45) is 7.31. The smallest absolute Gasteiger partial charge is 0.214 e. The Morgan fingerprint density at radius 2 is 1.67 bits per heavy atom. The maximum atomic E-state index is 10.6. The van der Waals surface area contributed by atoms with E-state index in [0.717, 1.165) is 5.37 Å². The highest BCUT2D eigenvalue weighted by Crippen LogP contribution is 2.03. The number of rotatable bonds is 1. The lowest BCUT2D eigenvalue weighted by molar-refractivity contribution is -0.110.